The summed E-state index contributed by atoms with van der Waals surface area (Å²) >= 11 is 3.28. The Balaban J connectivity index is 3.23. The van der Waals surface area contributed by atoms with Crippen molar-refractivity contribution in [1.29, 1.82) is 0 Å². The smallest absolute Gasteiger partial charge is 0.246 e. The highest BCUT2D eigenvalue weighted by Gasteiger charge is 2.25. The fourth-order valence-electron chi connectivity index (χ4n) is 1.63. The van der Waals surface area contributed by atoms with Crippen LogP contribution in [0.3, 0.4) is 0 Å². The molecule has 0 aliphatic carbocycles. The lowest BCUT2D eigenvalue weighted by Crippen LogP contribution is -2.30. The quantitative estimate of drug-likeness (QED) is 0.831. The maximum Gasteiger partial charge on any atom is 0.246 e. The molecule has 0 heterocycles. The second-order valence-electron chi connectivity index (χ2n) is 4.47. The van der Waals surface area contributed by atoms with Crippen LogP contribution in [0.1, 0.15) is 13.8 Å². The molecule has 0 N–H and O–H groups in total. The molecule has 6 heteroatoms. The molecule has 0 unspecified atom stereocenters. The van der Waals surface area contributed by atoms with Gasteiger partial charge in [-0.2, -0.15) is 0 Å². The van der Waals surface area contributed by atoms with Gasteiger partial charge in [0.25, 0.3) is 0 Å². The fraction of sp³-hybridized carbons (Fsp3) is 0.500. The molecule has 0 saturated carbocycles. The van der Waals surface area contributed by atoms with E-state index >= 15 is 0 Å². The molecule has 1 rings (SSSR count). The van der Waals surface area contributed by atoms with Gasteiger partial charge in [0.15, 0.2) is 0 Å². The van der Waals surface area contributed by atoms with Crippen LogP contribution in [0.2, 0.25) is 0 Å². The molecule has 0 spiro atoms. The molecule has 18 heavy (non-hydrogen) atoms. The van der Waals surface area contributed by atoms with Crippen LogP contribution >= 0.6 is 15.9 Å². The number of hydrogen-bond donors (Lipinski definition) is 0. The van der Waals surface area contributed by atoms with E-state index in [2.05, 4.69) is 15.9 Å². The first-order chi connectivity index (χ1) is 8.28. The van der Waals surface area contributed by atoms with Crippen molar-refractivity contribution in [3.63, 3.8) is 0 Å². The molecule has 0 aromatic heterocycles. The second-order valence-corrected chi connectivity index (χ2v) is 7.40. The first-order valence-corrected chi connectivity index (χ1v) is 7.82. The molecule has 0 aliphatic heterocycles. The van der Waals surface area contributed by atoms with E-state index in [0.717, 1.165) is 0 Å². The van der Waals surface area contributed by atoms with Crippen LogP contribution in [0.15, 0.2) is 27.6 Å². The van der Waals surface area contributed by atoms with Gasteiger partial charge in [-0.15, -0.1) is 0 Å². The van der Waals surface area contributed by atoms with E-state index in [0.29, 0.717) is 16.8 Å². The summed E-state index contributed by atoms with van der Waals surface area (Å²) in [4.78, 5) is 0.183. The number of benzene rings is 1. The Labute approximate surface area is 117 Å². The topological polar surface area (TPSA) is 46.6 Å². The van der Waals surface area contributed by atoms with Crippen molar-refractivity contribution in [1.82, 2.24) is 4.31 Å². The molecule has 0 amide bonds. The largest absolute Gasteiger partial charge is 0.495 e. The van der Waals surface area contributed by atoms with Crippen LogP contribution in [0.5, 0.6) is 5.75 Å². The third-order valence-corrected chi connectivity index (χ3v) is 4.77. The number of sulfonamides is 1. The summed E-state index contributed by atoms with van der Waals surface area (Å²) in [5, 5.41) is 0. The molecule has 0 fully saturated rings. The van der Waals surface area contributed by atoms with Crippen LogP contribution < -0.4 is 4.74 Å². The lowest BCUT2D eigenvalue weighted by atomic mass is 10.2. The molecular formula is C12H18BrNO3S. The Bertz CT molecular complexity index is 514. The van der Waals surface area contributed by atoms with Crippen LogP contribution in [-0.4, -0.2) is 33.4 Å². The van der Waals surface area contributed by atoms with E-state index in [9.17, 15) is 8.42 Å². The van der Waals surface area contributed by atoms with E-state index in [1.807, 2.05) is 13.8 Å². The summed E-state index contributed by atoms with van der Waals surface area (Å²) < 4.78 is 32.0. The van der Waals surface area contributed by atoms with E-state index in [-0.39, 0.29) is 10.8 Å². The Morgan fingerprint density at radius 2 is 2.00 bits per heavy atom. The van der Waals surface area contributed by atoms with Crippen LogP contribution in [0.4, 0.5) is 0 Å². The molecule has 1 aromatic rings. The number of methoxy groups -OCH3 is 1. The number of hydrogen-bond acceptors (Lipinski definition) is 3. The zero-order valence-electron chi connectivity index (χ0n) is 11.0. The van der Waals surface area contributed by atoms with Gasteiger partial charge < -0.3 is 4.74 Å². The molecule has 0 aliphatic rings. The highest BCUT2D eigenvalue weighted by atomic mass is 79.9. The van der Waals surface area contributed by atoms with Crippen molar-refractivity contribution in [2.24, 2.45) is 5.92 Å². The Morgan fingerprint density at radius 3 is 2.50 bits per heavy atom. The zero-order valence-corrected chi connectivity index (χ0v) is 13.4. The Hall–Kier alpha value is -0.590. The third-order valence-electron chi connectivity index (χ3n) is 2.44. The summed E-state index contributed by atoms with van der Waals surface area (Å²) in [6.07, 6.45) is 0. The Kier molecular flexibility index (Phi) is 5.19. The zero-order chi connectivity index (χ0) is 13.9. The first-order valence-electron chi connectivity index (χ1n) is 5.59. The van der Waals surface area contributed by atoms with Crippen molar-refractivity contribution < 1.29 is 13.2 Å². The number of halogens is 1. The predicted octanol–water partition coefficient (Wildman–Crippen LogP) is 2.73. The van der Waals surface area contributed by atoms with Gasteiger partial charge in [-0.05, 0) is 24.1 Å². The number of nitrogens with zero attached hydrogens (tertiary/aromatic N) is 1. The average molecular weight is 336 g/mol. The molecule has 0 bridgehead atoms. The summed E-state index contributed by atoms with van der Waals surface area (Å²) in [6, 6.07) is 4.95. The second kappa shape index (κ2) is 6.04. The van der Waals surface area contributed by atoms with Crippen molar-refractivity contribution in [3.8, 4) is 5.75 Å². The predicted molar refractivity (Wildman–Crippen MR) is 75.3 cm³/mol. The summed E-state index contributed by atoms with van der Waals surface area (Å²) in [5.41, 5.74) is 0. The van der Waals surface area contributed by atoms with Crippen molar-refractivity contribution >= 4 is 26.0 Å². The van der Waals surface area contributed by atoms with Gasteiger partial charge in [0.1, 0.15) is 10.6 Å². The summed E-state index contributed by atoms with van der Waals surface area (Å²) in [5.74, 6) is 0.622. The highest BCUT2D eigenvalue weighted by molar-refractivity contribution is 9.10. The highest BCUT2D eigenvalue weighted by Crippen LogP contribution is 2.29. The van der Waals surface area contributed by atoms with Gasteiger partial charge in [-0.25, -0.2) is 12.7 Å². The van der Waals surface area contributed by atoms with Crippen LogP contribution in [-0.2, 0) is 10.0 Å². The standard InChI is InChI=1S/C12H18BrNO3S/c1-9(2)8-14(3)18(15,16)12-7-10(13)5-6-11(12)17-4/h5-7,9H,8H2,1-4H3. The minimum Gasteiger partial charge on any atom is -0.495 e. The van der Waals surface area contributed by atoms with E-state index < -0.39 is 10.0 Å². The monoisotopic (exact) mass is 335 g/mol. The van der Waals surface area contributed by atoms with Gasteiger partial charge in [0, 0.05) is 18.1 Å². The lowest BCUT2D eigenvalue weighted by Gasteiger charge is -2.20. The molecule has 0 atom stereocenters. The maximum atomic E-state index is 12.4. The van der Waals surface area contributed by atoms with Gasteiger partial charge >= 0.3 is 0 Å². The van der Waals surface area contributed by atoms with E-state index in [1.165, 1.54) is 11.4 Å². The maximum absolute atomic E-state index is 12.4. The average Bonchev–Trinajstić information content (AvgIpc) is 2.28. The van der Waals surface area contributed by atoms with E-state index in [1.54, 1.807) is 25.2 Å². The van der Waals surface area contributed by atoms with Crippen LogP contribution in [0, 0.1) is 5.92 Å². The number of ether oxygens (including phenoxy) is 1. The van der Waals surface area contributed by atoms with Crippen molar-refractivity contribution in [2.75, 3.05) is 20.7 Å². The SMILES string of the molecule is COc1ccc(Br)cc1S(=O)(=O)N(C)CC(C)C. The first kappa shape index (κ1) is 15.5. The molecular weight excluding hydrogens is 318 g/mol. The lowest BCUT2D eigenvalue weighted by molar-refractivity contribution is 0.391. The molecule has 0 saturated heterocycles. The molecule has 1 aromatic carbocycles. The van der Waals surface area contributed by atoms with Crippen molar-refractivity contribution in [3.05, 3.63) is 22.7 Å². The van der Waals surface area contributed by atoms with Crippen molar-refractivity contribution in [2.45, 2.75) is 18.7 Å². The molecule has 102 valence electrons. The Morgan fingerprint density at radius 1 is 1.39 bits per heavy atom. The minimum atomic E-state index is -3.52. The normalized spacial score (nSPS) is 12.2. The summed E-state index contributed by atoms with van der Waals surface area (Å²) in [7, 11) is -0.479. The molecule has 0 radical (unpaired) electrons. The summed E-state index contributed by atoms with van der Waals surface area (Å²) in [6.45, 7) is 4.42. The van der Waals surface area contributed by atoms with Crippen LogP contribution in [0.25, 0.3) is 0 Å². The fourth-order valence-corrected chi connectivity index (χ4v) is 3.66. The number of rotatable bonds is 5. The van der Waals surface area contributed by atoms with Gasteiger partial charge in [-0.3, -0.25) is 0 Å². The van der Waals surface area contributed by atoms with Gasteiger partial charge in [0.2, 0.25) is 10.0 Å². The molecule has 4 nitrogen and oxygen atoms in total. The third kappa shape index (κ3) is 3.46. The van der Waals surface area contributed by atoms with E-state index in [4.69, 9.17) is 4.74 Å². The van der Waals surface area contributed by atoms with Gasteiger partial charge in [-0.1, -0.05) is 29.8 Å². The van der Waals surface area contributed by atoms with Gasteiger partial charge in [0.05, 0.1) is 7.11 Å². The minimum absolute atomic E-state index is 0.183.